The Morgan fingerprint density at radius 1 is 0.226 bits per heavy atom. The Balaban J connectivity index is 1.24. The standard InChI is InChI=1S/C61H46Si/c1-62(2,3)51-30-28-44(29-31-51)56-39-57(48-25-13-22-45(36-48)41-16-7-4-8-17-41)53-34-35-55-59(50-27-15-24-47(38-50)43-20-11-6-12-21-43)40-58(54-33-32-52(56)60(53)61(54)55)49-26-14-23-46(37-49)42-18-9-5-10-19-42/h4-40H,1-3H3. The predicted octanol–water partition coefficient (Wildman–Crippen LogP) is 16.8. The van der Waals surface area contributed by atoms with Gasteiger partial charge in [-0.3, -0.25) is 0 Å². The third-order valence-corrected chi connectivity index (χ3v) is 14.9. The maximum Gasteiger partial charge on any atom is 0.0775 e. The molecule has 0 radical (unpaired) electrons. The summed E-state index contributed by atoms with van der Waals surface area (Å²) >= 11 is 0. The van der Waals surface area contributed by atoms with E-state index in [1.807, 2.05) is 0 Å². The summed E-state index contributed by atoms with van der Waals surface area (Å²) in [4.78, 5) is 0. The molecular weight excluding hydrogens is 761 g/mol. The van der Waals surface area contributed by atoms with Gasteiger partial charge >= 0.3 is 0 Å². The van der Waals surface area contributed by atoms with Crippen molar-refractivity contribution in [3.63, 3.8) is 0 Å². The van der Waals surface area contributed by atoms with Crippen molar-refractivity contribution >= 4 is 45.6 Å². The van der Waals surface area contributed by atoms with Gasteiger partial charge in [0.1, 0.15) is 0 Å². The van der Waals surface area contributed by atoms with Gasteiger partial charge in [-0.2, -0.15) is 0 Å². The molecule has 0 aliphatic heterocycles. The summed E-state index contributed by atoms with van der Waals surface area (Å²) in [5, 5.41) is 9.17. The Hall–Kier alpha value is -7.32. The van der Waals surface area contributed by atoms with E-state index in [0.29, 0.717) is 0 Å². The van der Waals surface area contributed by atoms with Crippen molar-refractivity contribution in [2.45, 2.75) is 19.6 Å². The van der Waals surface area contributed by atoms with Gasteiger partial charge in [-0.05, 0) is 141 Å². The van der Waals surface area contributed by atoms with Gasteiger partial charge in [-0.25, -0.2) is 0 Å². The molecule has 0 aliphatic rings. The van der Waals surface area contributed by atoms with Gasteiger partial charge < -0.3 is 0 Å². The van der Waals surface area contributed by atoms with E-state index >= 15 is 0 Å². The third kappa shape index (κ3) is 6.72. The third-order valence-electron chi connectivity index (χ3n) is 12.8. The zero-order valence-electron chi connectivity index (χ0n) is 35.4. The molecule has 0 bridgehead atoms. The van der Waals surface area contributed by atoms with E-state index in [1.54, 1.807) is 0 Å². The molecule has 0 unspecified atom stereocenters. The van der Waals surface area contributed by atoms with Crippen LogP contribution in [0, 0.1) is 0 Å². The van der Waals surface area contributed by atoms with Crippen molar-refractivity contribution in [3.8, 4) is 77.9 Å². The molecule has 0 N–H and O–H groups in total. The van der Waals surface area contributed by atoms with Gasteiger partial charge in [0.05, 0.1) is 8.07 Å². The highest BCUT2D eigenvalue weighted by Gasteiger charge is 2.22. The molecule has 0 atom stereocenters. The molecule has 62 heavy (non-hydrogen) atoms. The zero-order chi connectivity index (χ0) is 41.8. The Morgan fingerprint density at radius 3 is 0.839 bits per heavy atom. The van der Waals surface area contributed by atoms with Crippen molar-refractivity contribution in [1.29, 1.82) is 0 Å². The van der Waals surface area contributed by atoms with E-state index in [0.717, 1.165) is 0 Å². The monoisotopic (exact) mass is 806 g/mol. The second-order valence-corrected chi connectivity index (χ2v) is 22.8. The van der Waals surface area contributed by atoms with Crippen LogP contribution >= 0.6 is 0 Å². The Kier molecular flexibility index (Phi) is 9.29. The molecule has 0 aliphatic carbocycles. The lowest BCUT2D eigenvalue weighted by atomic mass is 9.81. The molecule has 11 rings (SSSR count). The van der Waals surface area contributed by atoms with Gasteiger partial charge in [0, 0.05) is 0 Å². The van der Waals surface area contributed by atoms with Crippen LogP contribution in [0.3, 0.4) is 0 Å². The van der Waals surface area contributed by atoms with E-state index in [4.69, 9.17) is 0 Å². The van der Waals surface area contributed by atoms with Gasteiger partial charge in [0.15, 0.2) is 0 Å². The average molecular weight is 807 g/mol. The van der Waals surface area contributed by atoms with E-state index in [9.17, 15) is 0 Å². The van der Waals surface area contributed by atoms with Crippen LogP contribution in [0.5, 0.6) is 0 Å². The second-order valence-electron chi connectivity index (χ2n) is 17.7. The largest absolute Gasteiger partial charge is 0.0775 e. The van der Waals surface area contributed by atoms with Crippen molar-refractivity contribution < 1.29 is 0 Å². The molecule has 11 aromatic carbocycles. The van der Waals surface area contributed by atoms with E-state index in [1.165, 1.54) is 115 Å². The normalized spacial score (nSPS) is 11.8. The maximum atomic E-state index is 2.46. The highest BCUT2D eigenvalue weighted by molar-refractivity contribution is 6.88. The highest BCUT2D eigenvalue weighted by atomic mass is 28.3. The van der Waals surface area contributed by atoms with Crippen LogP contribution in [0.2, 0.25) is 19.6 Å². The van der Waals surface area contributed by atoms with Crippen LogP contribution in [-0.2, 0) is 0 Å². The maximum absolute atomic E-state index is 2.46. The number of hydrogen-bond acceptors (Lipinski definition) is 0. The summed E-state index contributed by atoms with van der Waals surface area (Å²) in [7, 11) is -1.49. The molecule has 0 heterocycles. The molecule has 0 spiro atoms. The minimum Gasteiger partial charge on any atom is -0.0656 e. The summed E-state index contributed by atoms with van der Waals surface area (Å²) in [6, 6.07) is 83.6. The van der Waals surface area contributed by atoms with E-state index in [2.05, 4.69) is 244 Å². The van der Waals surface area contributed by atoms with Crippen molar-refractivity contribution in [1.82, 2.24) is 0 Å². The summed E-state index contributed by atoms with van der Waals surface area (Å²) in [5.41, 5.74) is 17.2. The Bertz CT molecular complexity index is 3290. The summed E-state index contributed by atoms with van der Waals surface area (Å²) < 4.78 is 0. The number of benzene rings is 11. The SMILES string of the molecule is C[Si](C)(C)c1ccc(-c2cc(-c3cccc(-c4ccccc4)c3)c3ccc4c(-c5cccc(-c6ccccc6)c5)cc(-c5cccc(-c6ccccc6)c5)c5ccc2c3c54)cc1. The first kappa shape index (κ1) is 37.7. The zero-order valence-corrected chi connectivity index (χ0v) is 36.4. The van der Waals surface area contributed by atoms with Crippen molar-refractivity contribution in [2.75, 3.05) is 0 Å². The molecule has 0 nitrogen and oxygen atoms in total. The molecule has 0 amide bonds. The van der Waals surface area contributed by atoms with Crippen LogP contribution in [0.25, 0.3) is 110 Å². The molecule has 0 saturated heterocycles. The highest BCUT2D eigenvalue weighted by Crippen LogP contribution is 2.49. The minimum atomic E-state index is -1.49. The lowest BCUT2D eigenvalue weighted by Gasteiger charge is -2.22. The van der Waals surface area contributed by atoms with Crippen LogP contribution in [0.4, 0.5) is 0 Å². The van der Waals surface area contributed by atoms with E-state index in [-0.39, 0.29) is 0 Å². The fourth-order valence-electron chi connectivity index (χ4n) is 9.59. The van der Waals surface area contributed by atoms with Crippen LogP contribution in [-0.4, -0.2) is 8.07 Å². The number of hydrogen-bond donors (Lipinski definition) is 0. The predicted molar refractivity (Wildman–Crippen MR) is 271 cm³/mol. The second kappa shape index (κ2) is 15.3. The van der Waals surface area contributed by atoms with Gasteiger partial charge in [0.2, 0.25) is 0 Å². The lowest BCUT2D eigenvalue weighted by molar-refractivity contribution is 1.59. The van der Waals surface area contributed by atoms with E-state index < -0.39 is 8.07 Å². The van der Waals surface area contributed by atoms with Crippen LogP contribution < -0.4 is 5.19 Å². The molecule has 294 valence electrons. The van der Waals surface area contributed by atoms with Crippen molar-refractivity contribution in [2.24, 2.45) is 0 Å². The first-order valence-electron chi connectivity index (χ1n) is 21.7. The first-order chi connectivity index (χ1) is 30.4. The summed E-state index contributed by atoms with van der Waals surface area (Å²) in [6.45, 7) is 7.28. The smallest absolute Gasteiger partial charge is 0.0656 e. The number of rotatable bonds is 8. The summed E-state index contributed by atoms with van der Waals surface area (Å²) in [6.07, 6.45) is 0. The minimum absolute atomic E-state index is 1.21. The Morgan fingerprint density at radius 2 is 0.516 bits per heavy atom. The Labute approximate surface area is 365 Å². The molecule has 0 aromatic heterocycles. The van der Waals surface area contributed by atoms with Crippen LogP contribution in [0.1, 0.15) is 0 Å². The fraction of sp³-hybridized carbons (Fsp3) is 0.0492. The molecule has 0 saturated carbocycles. The topological polar surface area (TPSA) is 0 Å². The average Bonchev–Trinajstić information content (AvgIpc) is 3.33. The molecule has 11 aromatic rings. The molecule has 1 heteroatoms. The fourth-order valence-corrected chi connectivity index (χ4v) is 10.8. The molecule has 0 fully saturated rings. The molecular formula is C61H46Si. The quantitative estimate of drug-likeness (QED) is 0.106. The lowest BCUT2D eigenvalue weighted by Crippen LogP contribution is -2.37. The first-order valence-corrected chi connectivity index (χ1v) is 25.2. The summed E-state index contributed by atoms with van der Waals surface area (Å²) in [5.74, 6) is 0. The van der Waals surface area contributed by atoms with Gasteiger partial charge in [-0.1, -0.05) is 219 Å². The van der Waals surface area contributed by atoms with Crippen LogP contribution in [0.15, 0.2) is 224 Å². The van der Waals surface area contributed by atoms with Crippen molar-refractivity contribution in [3.05, 3.63) is 224 Å². The van der Waals surface area contributed by atoms with Gasteiger partial charge in [-0.15, -0.1) is 0 Å². The van der Waals surface area contributed by atoms with Gasteiger partial charge in [0.25, 0.3) is 0 Å².